The van der Waals surface area contributed by atoms with E-state index in [-0.39, 0.29) is 0 Å². The summed E-state index contributed by atoms with van der Waals surface area (Å²) < 4.78 is 0. The summed E-state index contributed by atoms with van der Waals surface area (Å²) in [4.78, 5) is 0. The summed E-state index contributed by atoms with van der Waals surface area (Å²) >= 11 is 0. The van der Waals surface area contributed by atoms with Crippen LogP contribution in [0.15, 0.2) is 0 Å². The van der Waals surface area contributed by atoms with Crippen LogP contribution in [0.4, 0.5) is 0 Å². The summed E-state index contributed by atoms with van der Waals surface area (Å²) in [5.74, 6) is 0.893. The maximum atomic E-state index is 2.41. The summed E-state index contributed by atoms with van der Waals surface area (Å²) in [5, 5.41) is 0. The Balaban J connectivity index is 3.28. The molecule has 0 radical (unpaired) electrons. The van der Waals surface area contributed by atoms with Gasteiger partial charge in [0.15, 0.2) is 0 Å². The molecule has 0 spiro atoms. The molecular formula is C8H20P+. The van der Waals surface area contributed by atoms with Gasteiger partial charge in [0, 0.05) is 27.3 Å². The highest BCUT2D eigenvalue weighted by atomic mass is 31.2. The monoisotopic (exact) mass is 147 g/mol. The highest BCUT2D eigenvalue weighted by molar-refractivity contribution is 7.73. The largest absolute Gasteiger partial charge is 0.0626 e. The molecule has 0 atom stereocenters. The first-order valence-electron chi connectivity index (χ1n) is 3.72. The molecule has 0 heterocycles. The first kappa shape index (κ1) is 9.43. The zero-order valence-electron chi connectivity index (χ0n) is 7.44. The van der Waals surface area contributed by atoms with Gasteiger partial charge in [-0.05, 0) is 12.3 Å². The Kier molecular flexibility index (Phi) is 3.73. The molecule has 0 aromatic heterocycles. The van der Waals surface area contributed by atoms with Crippen LogP contribution in [0.3, 0.4) is 0 Å². The van der Waals surface area contributed by atoms with Gasteiger partial charge in [-0.3, -0.25) is 0 Å². The standard InChI is InChI=1S/C8H20P/c1-8(2)6-7-9(3,4)5/h8H,6-7H2,1-5H3/q+1. The summed E-state index contributed by atoms with van der Waals surface area (Å²) in [7, 11) is -0.470. The third-order valence-corrected chi connectivity index (χ3v) is 2.98. The van der Waals surface area contributed by atoms with E-state index in [1.165, 1.54) is 12.6 Å². The predicted molar refractivity (Wildman–Crippen MR) is 49.0 cm³/mol. The highest BCUT2D eigenvalue weighted by Gasteiger charge is 2.16. The molecule has 0 saturated heterocycles. The maximum absolute atomic E-state index is 2.41. The van der Waals surface area contributed by atoms with Gasteiger partial charge in [0.05, 0.1) is 6.16 Å². The minimum absolute atomic E-state index is 0.470. The van der Waals surface area contributed by atoms with Gasteiger partial charge < -0.3 is 0 Å². The van der Waals surface area contributed by atoms with Crippen LogP contribution in [0.5, 0.6) is 0 Å². The van der Waals surface area contributed by atoms with E-state index in [9.17, 15) is 0 Å². The average molecular weight is 147 g/mol. The Bertz CT molecular complexity index is 69.1. The lowest BCUT2D eigenvalue weighted by molar-refractivity contribution is 0.629. The van der Waals surface area contributed by atoms with Crippen LogP contribution < -0.4 is 0 Å². The quantitative estimate of drug-likeness (QED) is 0.538. The molecule has 0 unspecified atom stereocenters. The van der Waals surface area contributed by atoms with E-state index >= 15 is 0 Å². The van der Waals surface area contributed by atoms with Gasteiger partial charge in [-0.15, -0.1) is 0 Å². The molecule has 0 N–H and O–H groups in total. The first-order chi connectivity index (χ1) is 3.92. The molecule has 0 aliphatic rings. The molecule has 0 fully saturated rings. The fourth-order valence-electron chi connectivity index (χ4n) is 0.645. The smallest absolute Gasteiger partial charge is 0.0588 e. The summed E-state index contributed by atoms with van der Waals surface area (Å²) in [5.41, 5.74) is 0. The van der Waals surface area contributed by atoms with Crippen molar-refractivity contribution in [2.75, 3.05) is 26.2 Å². The van der Waals surface area contributed by atoms with E-state index in [1.807, 2.05) is 0 Å². The molecule has 0 aliphatic carbocycles. The second kappa shape index (κ2) is 3.56. The topological polar surface area (TPSA) is 0 Å². The van der Waals surface area contributed by atoms with Gasteiger partial charge in [-0.1, -0.05) is 13.8 Å². The van der Waals surface area contributed by atoms with Crippen molar-refractivity contribution in [1.29, 1.82) is 0 Å². The van der Waals surface area contributed by atoms with Crippen LogP contribution in [0.1, 0.15) is 20.3 Å². The Morgan fingerprint density at radius 3 is 1.67 bits per heavy atom. The minimum atomic E-state index is -0.470. The average Bonchev–Trinajstić information content (AvgIpc) is 1.59. The second-order valence-corrected chi connectivity index (χ2v) is 9.22. The Morgan fingerprint density at radius 1 is 1.11 bits per heavy atom. The van der Waals surface area contributed by atoms with E-state index in [1.54, 1.807) is 0 Å². The van der Waals surface area contributed by atoms with Crippen LogP contribution in [0.25, 0.3) is 0 Å². The van der Waals surface area contributed by atoms with E-state index in [0.717, 1.165) is 5.92 Å². The minimum Gasteiger partial charge on any atom is -0.0626 e. The van der Waals surface area contributed by atoms with Crippen molar-refractivity contribution in [2.45, 2.75) is 20.3 Å². The zero-order valence-corrected chi connectivity index (χ0v) is 8.33. The lowest BCUT2D eigenvalue weighted by Gasteiger charge is -2.12. The first-order valence-corrected chi connectivity index (χ1v) is 7.04. The molecule has 0 nitrogen and oxygen atoms in total. The third-order valence-electron chi connectivity index (χ3n) is 1.38. The van der Waals surface area contributed by atoms with Crippen LogP contribution in [0, 0.1) is 5.92 Å². The Labute approximate surface area is 60.4 Å². The normalized spacial score (nSPS) is 12.7. The zero-order chi connectivity index (χ0) is 7.49. The van der Waals surface area contributed by atoms with Crippen molar-refractivity contribution in [1.82, 2.24) is 0 Å². The SMILES string of the molecule is CC(C)CC[P+](C)(C)C. The molecule has 0 amide bonds. The van der Waals surface area contributed by atoms with Crippen LogP contribution >= 0.6 is 7.26 Å². The molecule has 1 heteroatoms. The fraction of sp³-hybridized carbons (Fsp3) is 1.00. The molecule has 56 valence electrons. The molecule has 9 heavy (non-hydrogen) atoms. The van der Waals surface area contributed by atoms with Crippen LogP contribution in [-0.2, 0) is 0 Å². The third kappa shape index (κ3) is 8.43. The molecular weight excluding hydrogens is 127 g/mol. The van der Waals surface area contributed by atoms with Crippen molar-refractivity contribution in [3.8, 4) is 0 Å². The molecule has 0 rings (SSSR count). The van der Waals surface area contributed by atoms with Gasteiger partial charge in [-0.25, -0.2) is 0 Å². The summed E-state index contributed by atoms with van der Waals surface area (Å²) in [6.45, 7) is 11.8. The van der Waals surface area contributed by atoms with Crippen molar-refractivity contribution in [3.05, 3.63) is 0 Å². The van der Waals surface area contributed by atoms with Crippen molar-refractivity contribution in [3.63, 3.8) is 0 Å². The summed E-state index contributed by atoms with van der Waals surface area (Å²) in [6.07, 6.45) is 2.88. The fourth-order valence-corrected chi connectivity index (χ4v) is 1.94. The summed E-state index contributed by atoms with van der Waals surface area (Å²) in [6, 6.07) is 0. The number of rotatable bonds is 3. The van der Waals surface area contributed by atoms with Gasteiger partial charge in [-0.2, -0.15) is 0 Å². The number of hydrogen-bond donors (Lipinski definition) is 0. The van der Waals surface area contributed by atoms with Crippen LogP contribution in [-0.4, -0.2) is 26.2 Å². The predicted octanol–water partition coefficient (Wildman–Crippen LogP) is 2.94. The van der Waals surface area contributed by atoms with Crippen LogP contribution in [0.2, 0.25) is 0 Å². The van der Waals surface area contributed by atoms with Crippen molar-refractivity contribution < 1.29 is 0 Å². The molecule has 0 bridgehead atoms. The Morgan fingerprint density at radius 2 is 1.56 bits per heavy atom. The molecule has 0 aliphatic heterocycles. The van der Waals surface area contributed by atoms with Crippen molar-refractivity contribution >= 4 is 7.26 Å². The van der Waals surface area contributed by atoms with Gasteiger partial charge in [0.2, 0.25) is 0 Å². The maximum Gasteiger partial charge on any atom is 0.0588 e. The van der Waals surface area contributed by atoms with E-state index in [2.05, 4.69) is 33.8 Å². The van der Waals surface area contributed by atoms with E-state index < -0.39 is 7.26 Å². The van der Waals surface area contributed by atoms with E-state index in [4.69, 9.17) is 0 Å². The molecule has 0 aromatic carbocycles. The highest BCUT2D eigenvalue weighted by Crippen LogP contribution is 2.47. The van der Waals surface area contributed by atoms with Gasteiger partial charge in [0.25, 0.3) is 0 Å². The second-order valence-electron chi connectivity index (χ2n) is 4.20. The van der Waals surface area contributed by atoms with Gasteiger partial charge in [0.1, 0.15) is 0 Å². The Hall–Kier alpha value is 0.430. The lowest BCUT2D eigenvalue weighted by atomic mass is 10.2. The molecule has 0 aromatic rings. The lowest BCUT2D eigenvalue weighted by Crippen LogP contribution is -1.97. The van der Waals surface area contributed by atoms with Crippen molar-refractivity contribution in [2.24, 2.45) is 5.92 Å². The van der Waals surface area contributed by atoms with Gasteiger partial charge >= 0.3 is 0 Å². The molecule has 0 saturated carbocycles. The van der Waals surface area contributed by atoms with E-state index in [0.29, 0.717) is 0 Å². The number of hydrogen-bond acceptors (Lipinski definition) is 0.